The predicted molar refractivity (Wildman–Crippen MR) is 310 cm³/mol. The number of hydrogen-bond donors (Lipinski definition) is 6. The average molecular weight is 1300 g/mol. The molecule has 6 N–H and O–H groups in total. The molecule has 0 atom stereocenters. The number of benzene rings is 6. The van der Waals surface area contributed by atoms with Crippen molar-refractivity contribution in [2.45, 2.75) is 26.2 Å². The van der Waals surface area contributed by atoms with E-state index in [0.717, 1.165) is 72.8 Å². The molecule has 83 heavy (non-hydrogen) atoms. The molecule has 0 amide bonds. The molecule has 0 unspecified atom stereocenters. The van der Waals surface area contributed by atoms with Gasteiger partial charge in [0.15, 0.2) is 5.78 Å². The van der Waals surface area contributed by atoms with E-state index in [0.29, 0.717) is 67.9 Å². The molecular formula is C54H34Cl3F2N3O15S6. The molecule has 0 spiro atoms. The number of carboxylic acids is 1. The second-order valence-corrected chi connectivity index (χ2v) is 28.1. The lowest BCUT2D eigenvalue weighted by Crippen LogP contribution is -2.17. The Hall–Kier alpha value is -7.76. The van der Waals surface area contributed by atoms with E-state index >= 15 is 0 Å². The van der Waals surface area contributed by atoms with E-state index in [1.54, 1.807) is 42.5 Å². The highest BCUT2D eigenvalue weighted by Gasteiger charge is 2.29. The number of aromatic carboxylic acids is 1. The predicted octanol–water partition coefficient (Wildman–Crippen LogP) is 13.0. The minimum absolute atomic E-state index is 0.0316. The SMILES string of the molecule is CC(=O)c1cccc(-c2cc(S(=O)(=O)Nc3ccc(C(=O)Oc4cc(NS(=O)(=O)c5cc(-c6ccc(F)cc6F)c(Cl)s5)ccc4C(=O)O)c(OC(=O)c4ccc(NS(=O)(=O)c5cc(-c6ccccc6CO)c(Cl)s5)cc4O)c3)sc2Cl)c1. The third kappa shape index (κ3) is 13.1. The van der Waals surface area contributed by atoms with Crippen molar-refractivity contribution in [1.29, 1.82) is 0 Å². The highest BCUT2D eigenvalue weighted by Crippen LogP contribution is 2.43. The van der Waals surface area contributed by atoms with Crippen LogP contribution in [-0.4, -0.2) is 64.3 Å². The number of carbonyl (C=O) groups is 4. The van der Waals surface area contributed by atoms with E-state index in [1.165, 1.54) is 25.1 Å². The molecule has 0 bridgehead atoms. The number of rotatable bonds is 19. The van der Waals surface area contributed by atoms with Crippen molar-refractivity contribution in [2.75, 3.05) is 14.2 Å². The number of nitrogens with one attached hydrogen (secondary N) is 3. The minimum atomic E-state index is -4.62. The number of thiophene rings is 3. The van der Waals surface area contributed by atoms with Crippen molar-refractivity contribution in [3.05, 3.63) is 192 Å². The van der Waals surface area contributed by atoms with Crippen LogP contribution in [0.1, 0.15) is 53.9 Å². The molecule has 0 saturated heterocycles. The van der Waals surface area contributed by atoms with Gasteiger partial charge in [0.05, 0.1) is 23.7 Å². The van der Waals surface area contributed by atoms with E-state index < -0.39 is 97.8 Å². The van der Waals surface area contributed by atoms with Crippen LogP contribution in [0.15, 0.2) is 152 Å². The molecule has 0 aliphatic rings. The lowest BCUT2D eigenvalue weighted by atomic mass is 10.0. The van der Waals surface area contributed by atoms with Crippen LogP contribution in [0.3, 0.4) is 0 Å². The van der Waals surface area contributed by atoms with Crippen LogP contribution in [0, 0.1) is 11.6 Å². The van der Waals surface area contributed by atoms with Gasteiger partial charge in [-0.25, -0.2) is 48.4 Å². The van der Waals surface area contributed by atoms with Gasteiger partial charge < -0.3 is 24.8 Å². The Morgan fingerprint density at radius 1 is 0.530 bits per heavy atom. The van der Waals surface area contributed by atoms with Gasteiger partial charge in [-0.1, -0.05) is 77.3 Å². The molecule has 18 nitrogen and oxygen atoms in total. The van der Waals surface area contributed by atoms with E-state index in [4.69, 9.17) is 44.3 Å². The second kappa shape index (κ2) is 23.8. The van der Waals surface area contributed by atoms with Gasteiger partial charge in [0.2, 0.25) is 0 Å². The lowest BCUT2D eigenvalue weighted by molar-refractivity contribution is 0.0680. The third-order valence-corrected chi connectivity index (χ3v) is 21.5. The maximum Gasteiger partial charge on any atom is 0.347 e. The molecule has 3 aromatic heterocycles. The lowest BCUT2D eigenvalue weighted by Gasteiger charge is -2.15. The van der Waals surface area contributed by atoms with Crippen molar-refractivity contribution in [3.8, 4) is 50.6 Å². The van der Waals surface area contributed by atoms with Crippen molar-refractivity contribution >= 4 is 140 Å². The number of carbonyl (C=O) groups excluding carboxylic acids is 3. The molecule has 9 rings (SSSR count). The number of halogens is 5. The van der Waals surface area contributed by atoms with Gasteiger partial charge >= 0.3 is 17.9 Å². The van der Waals surface area contributed by atoms with Crippen LogP contribution in [0.2, 0.25) is 13.0 Å². The Morgan fingerprint density at radius 3 is 1.54 bits per heavy atom. The van der Waals surface area contributed by atoms with Gasteiger partial charge in [0.1, 0.15) is 71.2 Å². The number of phenols is 1. The normalized spacial score (nSPS) is 11.7. The number of phenolic OH excluding ortho intramolecular Hbond substituents is 1. The zero-order chi connectivity index (χ0) is 59.9. The van der Waals surface area contributed by atoms with Gasteiger partial charge in [-0.2, -0.15) is 0 Å². The first-order valence-electron chi connectivity index (χ1n) is 23.2. The Balaban J connectivity index is 1.02. The van der Waals surface area contributed by atoms with Gasteiger partial charge in [0.25, 0.3) is 30.1 Å². The monoisotopic (exact) mass is 1300 g/mol. The number of ketones is 1. The molecular weight excluding hydrogens is 1270 g/mol. The fourth-order valence-electron chi connectivity index (χ4n) is 7.92. The van der Waals surface area contributed by atoms with E-state index in [9.17, 15) is 68.5 Å². The number of esters is 2. The van der Waals surface area contributed by atoms with E-state index in [1.807, 2.05) is 0 Å². The topological polar surface area (TPSA) is 286 Å². The third-order valence-electron chi connectivity index (χ3n) is 11.9. The summed E-state index contributed by atoms with van der Waals surface area (Å²) in [4.78, 5) is 52.7. The van der Waals surface area contributed by atoms with Gasteiger partial charge in [-0.3, -0.25) is 19.0 Å². The molecule has 9 aromatic rings. The Kier molecular flexibility index (Phi) is 17.2. The van der Waals surface area contributed by atoms with Crippen molar-refractivity contribution in [1.82, 2.24) is 0 Å². The Labute approximate surface area is 496 Å². The fraction of sp³-hybridized carbons (Fsp3) is 0.0370. The highest BCUT2D eigenvalue weighted by molar-refractivity contribution is 7.95. The summed E-state index contributed by atoms with van der Waals surface area (Å²) in [6.45, 7) is 0.988. The summed E-state index contributed by atoms with van der Waals surface area (Å²) in [5, 5.41) is 31.1. The van der Waals surface area contributed by atoms with E-state index in [2.05, 4.69) is 14.2 Å². The smallest absolute Gasteiger partial charge is 0.347 e. The molecule has 0 saturated carbocycles. The van der Waals surface area contributed by atoms with E-state index in [-0.39, 0.29) is 67.6 Å². The molecule has 0 aliphatic carbocycles. The van der Waals surface area contributed by atoms with Crippen LogP contribution in [0.25, 0.3) is 33.4 Å². The zero-order valence-electron chi connectivity index (χ0n) is 41.6. The molecule has 0 aliphatic heterocycles. The van der Waals surface area contributed by atoms with Gasteiger partial charge in [0, 0.05) is 52.1 Å². The van der Waals surface area contributed by atoms with Gasteiger partial charge in [-0.05, 0) is 96.4 Å². The van der Waals surface area contributed by atoms with Crippen molar-refractivity contribution in [3.63, 3.8) is 0 Å². The first kappa shape index (κ1) is 59.8. The van der Waals surface area contributed by atoms with Crippen molar-refractivity contribution in [2.24, 2.45) is 0 Å². The maximum absolute atomic E-state index is 14.7. The zero-order valence-corrected chi connectivity index (χ0v) is 48.7. The molecule has 426 valence electrons. The first-order valence-corrected chi connectivity index (χ1v) is 31.3. The number of anilines is 3. The number of hydrogen-bond acceptors (Lipinski definition) is 17. The Bertz CT molecular complexity index is 4510. The van der Waals surface area contributed by atoms with Crippen LogP contribution < -0.4 is 23.6 Å². The largest absolute Gasteiger partial charge is 0.507 e. The quantitative estimate of drug-likeness (QED) is 0.0249. The molecule has 6 aromatic carbocycles. The number of Topliss-reactive ketones (excluding diaryl/α,β-unsaturated/α-hetero) is 1. The fourth-order valence-corrected chi connectivity index (χ4v) is 16.3. The first-order chi connectivity index (χ1) is 39.2. The van der Waals surface area contributed by atoms with Gasteiger partial charge in [-0.15, -0.1) is 34.0 Å². The molecule has 0 fully saturated rings. The molecule has 0 radical (unpaired) electrons. The number of aliphatic hydroxyl groups excluding tert-OH is 1. The van der Waals surface area contributed by atoms with Crippen LogP contribution in [0.5, 0.6) is 17.2 Å². The average Bonchev–Trinajstić information content (AvgIpc) is 3.85. The number of sulfonamides is 3. The van der Waals surface area contributed by atoms with Crippen LogP contribution >= 0.6 is 68.8 Å². The summed E-state index contributed by atoms with van der Waals surface area (Å²) in [6.07, 6.45) is 0. The van der Waals surface area contributed by atoms with Crippen molar-refractivity contribution < 1.29 is 78.0 Å². The molecule has 3 heterocycles. The number of carboxylic acid groups (broad SMARTS) is 1. The summed E-state index contributed by atoms with van der Waals surface area (Å²) in [5.74, 6) is -9.20. The Morgan fingerprint density at radius 2 is 1.01 bits per heavy atom. The maximum atomic E-state index is 14.7. The summed E-state index contributed by atoms with van der Waals surface area (Å²) in [5.41, 5.74) is -1.04. The summed E-state index contributed by atoms with van der Waals surface area (Å²) in [6, 6.07) is 27.4. The number of aromatic hydroxyl groups is 1. The summed E-state index contributed by atoms with van der Waals surface area (Å²) >= 11 is 21.1. The highest BCUT2D eigenvalue weighted by atomic mass is 35.5. The number of ether oxygens (including phenoxy) is 2. The standard InChI is InChI=1S/C54H34Cl3F2N3O15S6/c1-26(64)27-6-4-7-28(17-27)39-22-46(78-49(39)55)81(70,71)62-33-12-16-38(54(69)76-44-20-32(11-15-37(44)52(66)67)61-83(74,75)48-24-41(51(57)80-48)35-13-9-30(58)18-42(35)59)45(21-33)77-53(68)36-14-10-31(19-43(36)65)60-82(72,73)47-23-40(50(56)79-47)34-8-3-2-5-29(34)25-63/h2-24,60-63,65H,25H2,1H3,(H,66,67). The van der Waals surface area contributed by atoms with Crippen LogP contribution in [0.4, 0.5) is 25.8 Å². The second-order valence-electron chi connectivity index (χ2n) is 17.4. The molecule has 29 heteroatoms. The number of aliphatic hydroxyl groups is 1. The summed E-state index contributed by atoms with van der Waals surface area (Å²) in [7, 11) is -13.6. The minimum Gasteiger partial charge on any atom is -0.507 e. The summed E-state index contributed by atoms with van der Waals surface area (Å²) < 4.78 is 127. The van der Waals surface area contributed by atoms with Crippen LogP contribution in [-0.2, 0) is 36.7 Å².